The van der Waals surface area contributed by atoms with Gasteiger partial charge in [-0.2, -0.15) is 15.2 Å². The molecule has 2 heterocycles. The monoisotopic (exact) mass is 370 g/mol. The zero-order valence-corrected chi connectivity index (χ0v) is 13.5. The van der Waals surface area contributed by atoms with Crippen molar-refractivity contribution < 1.29 is 13.2 Å². The lowest BCUT2D eigenvalue weighted by Gasteiger charge is -2.08. The summed E-state index contributed by atoms with van der Waals surface area (Å²) in [6.45, 7) is -0.0723. The van der Waals surface area contributed by atoms with Crippen LogP contribution in [-0.4, -0.2) is 29.5 Å². The molecule has 3 rings (SSSR count). The van der Waals surface area contributed by atoms with Crippen molar-refractivity contribution in [3.8, 4) is 0 Å². The van der Waals surface area contributed by atoms with Crippen LogP contribution in [0.2, 0.25) is 5.15 Å². The Morgan fingerprint density at radius 2 is 1.84 bits per heavy atom. The molecule has 11 heteroatoms. The molecule has 0 aliphatic rings. The van der Waals surface area contributed by atoms with E-state index in [4.69, 9.17) is 11.6 Å². The maximum atomic E-state index is 13.8. The van der Waals surface area contributed by atoms with Crippen molar-refractivity contribution in [3.63, 3.8) is 0 Å². The molecule has 7 nitrogen and oxygen atoms in total. The van der Waals surface area contributed by atoms with Crippen LogP contribution < -0.4 is 5.69 Å². The van der Waals surface area contributed by atoms with Crippen molar-refractivity contribution in [2.75, 3.05) is 0 Å². The molecule has 0 saturated heterocycles. The molecule has 0 spiro atoms. The van der Waals surface area contributed by atoms with Gasteiger partial charge in [0.1, 0.15) is 24.4 Å². The third kappa shape index (κ3) is 3.68. The summed E-state index contributed by atoms with van der Waals surface area (Å²) in [6, 6.07) is 1.14. The molecule has 0 saturated carbocycles. The molecule has 3 aromatic rings. The van der Waals surface area contributed by atoms with E-state index in [0.717, 1.165) is 4.68 Å². The summed E-state index contributed by atoms with van der Waals surface area (Å²) in [5.41, 5.74) is -0.884. The van der Waals surface area contributed by atoms with Gasteiger partial charge in [-0.1, -0.05) is 11.6 Å². The van der Waals surface area contributed by atoms with E-state index in [1.54, 1.807) is 7.05 Å². The molecular formula is C14H10ClF3N6O. The average Bonchev–Trinajstić information content (AvgIpc) is 2.94. The second-order valence-corrected chi connectivity index (χ2v) is 5.52. The van der Waals surface area contributed by atoms with Crippen molar-refractivity contribution in [3.05, 3.63) is 68.6 Å². The van der Waals surface area contributed by atoms with Gasteiger partial charge in [0, 0.05) is 19.5 Å². The standard InChI is InChI=1S/C14H10ClF3N6O/c1-23-6-19-12(22-23)5-24-14(25)20-13(15)11(21-24)3-7-2-9(17)10(18)4-8(7)16/h2,4,6H,3,5H2,1H3. The average molecular weight is 371 g/mol. The Kier molecular flexibility index (Phi) is 4.53. The molecule has 0 N–H and O–H groups in total. The molecule has 0 fully saturated rings. The Morgan fingerprint density at radius 1 is 1.12 bits per heavy atom. The van der Waals surface area contributed by atoms with Crippen LogP contribution in [0.15, 0.2) is 23.3 Å². The third-order valence-corrected chi connectivity index (χ3v) is 3.58. The highest BCUT2D eigenvalue weighted by Crippen LogP contribution is 2.19. The summed E-state index contributed by atoms with van der Waals surface area (Å²) < 4.78 is 42.5. The van der Waals surface area contributed by atoms with Gasteiger partial charge in [-0.3, -0.25) is 4.68 Å². The Bertz CT molecular complexity index is 1000. The first kappa shape index (κ1) is 17.1. The summed E-state index contributed by atoms with van der Waals surface area (Å²) in [4.78, 5) is 19.4. The first-order valence-electron chi connectivity index (χ1n) is 6.95. The van der Waals surface area contributed by atoms with Crippen LogP contribution in [0.3, 0.4) is 0 Å². The first-order chi connectivity index (χ1) is 11.8. The van der Waals surface area contributed by atoms with Crippen LogP contribution in [0.1, 0.15) is 17.1 Å². The fourth-order valence-corrected chi connectivity index (χ4v) is 2.29. The van der Waals surface area contributed by atoms with Gasteiger partial charge >= 0.3 is 5.69 Å². The van der Waals surface area contributed by atoms with E-state index in [9.17, 15) is 18.0 Å². The van der Waals surface area contributed by atoms with Crippen LogP contribution in [0, 0.1) is 17.5 Å². The number of benzene rings is 1. The maximum Gasteiger partial charge on any atom is 0.365 e. The summed E-state index contributed by atoms with van der Waals surface area (Å²) in [7, 11) is 1.66. The van der Waals surface area contributed by atoms with E-state index >= 15 is 0 Å². The summed E-state index contributed by atoms with van der Waals surface area (Å²) in [6.07, 6.45) is 1.17. The molecule has 25 heavy (non-hydrogen) atoms. The van der Waals surface area contributed by atoms with Crippen molar-refractivity contribution in [2.45, 2.75) is 13.0 Å². The Balaban J connectivity index is 1.95. The number of nitrogens with zero attached hydrogens (tertiary/aromatic N) is 6. The fraction of sp³-hybridized carbons (Fsp3) is 0.214. The van der Waals surface area contributed by atoms with Crippen molar-refractivity contribution in [1.82, 2.24) is 29.5 Å². The first-order valence-corrected chi connectivity index (χ1v) is 7.32. The van der Waals surface area contributed by atoms with Crippen LogP contribution in [0.25, 0.3) is 0 Å². The topological polar surface area (TPSA) is 78.5 Å². The number of hydrogen-bond acceptors (Lipinski definition) is 5. The van der Waals surface area contributed by atoms with E-state index in [-0.39, 0.29) is 29.4 Å². The van der Waals surface area contributed by atoms with Crippen LogP contribution in [0.4, 0.5) is 13.2 Å². The molecule has 130 valence electrons. The Labute approximate surface area is 143 Å². The van der Waals surface area contributed by atoms with Gasteiger partial charge in [0.2, 0.25) is 0 Å². The summed E-state index contributed by atoms with van der Waals surface area (Å²) in [5.74, 6) is -3.15. The normalized spacial score (nSPS) is 11.1. The minimum Gasteiger partial charge on any atom is -0.256 e. The van der Waals surface area contributed by atoms with E-state index in [2.05, 4.69) is 20.2 Å². The van der Waals surface area contributed by atoms with E-state index in [1.807, 2.05) is 0 Å². The van der Waals surface area contributed by atoms with Crippen LogP contribution in [-0.2, 0) is 20.0 Å². The third-order valence-electron chi connectivity index (χ3n) is 3.28. The van der Waals surface area contributed by atoms with Gasteiger partial charge in [-0.05, 0) is 11.6 Å². The lowest BCUT2D eigenvalue weighted by atomic mass is 10.1. The van der Waals surface area contributed by atoms with Gasteiger partial charge in [-0.15, -0.1) is 0 Å². The highest BCUT2D eigenvalue weighted by molar-refractivity contribution is 6.29. The highest BCUT2D eigenvalue weighted by atomic mass is 35.5. The SMILES string of the molecule is Cn1cnc(Cn2nc(Cc3cc(F)c(F)cc3F)c(Cl)nc2=O)n1. The van der Waals surface area contributed by atoms with Gasteiger partial charge < -0.3 is 0 Å². The van der Waals surface area contributed by atoms with E-state index in [1.165, 1.54) is 11.0 Å². The number of aryl methyl sites for hydroxylation is 1. The molecular weight excluding hydrogens is 361 g/mol. The molecule has 0 amide bonds. The zero-order valence-electron chi connectivity index (χ0n) is 12.7. The van der Waals surface area contributed by atoms with Crippen LogP contribution >= 0.6 is 11.6 Å². The van der Waals surface area contributed by atoms with E-state index < -0.39 is 23.1 Å². The van der Waals surface area contributed by atoms with Gasteiger partial charge in [0.25, 0.3) is 0 Å². The lowest BCUT2D eigenvalue weighted by Crippen LogP contribution is -2.28. The predicted molar refractivity (Wildman–Crippen MR) is 80.5 cm³/mol. The largest absolute Gasteiger partial charge is 0.365 e. The predicted octanol–water partition coefficient (Wildman–Crippen LogP) is 1.48. The van der Waals surface area contributed by atoms with Crippen molar-refractivity contribution in [1.29, 1.82) is 0 Å². The van der Waals surface area contributed by atoms with Crippen molar-refractivity contribution >= 4 is 11.6 Å². The van der Waals surface area contributed by atoms with Crippen LogP contribution in [0.5, 0.6) is 0 Å². The second kappa shape index (κ2) is 6.63. The smallest absolute Gasteiger partial charge is 0.256 e. The number of rotatable bonds is 4. The second-order valence-electron chi connectivity index (χ2n) is 5.16. The molecule has 0 radical (unpaired) electrons. The molecule has 0 bridgehead atoms. The fourth-order valence-electron chi connectivity index (χ4n) is 2.12. The highest BCUT2D eigenvalue weighted by Gasteiger charge is 2.16. The lowest BCUT2D eigenvalue weighted by molar-refractivity contribution is 0.490. The molecule has 0 aliphatic heterocycles. The molecule has 1 aromatic carbocycles. The van der Waals surface area contributed by atoms with E-state index in [0.29, 0.717) is 18.0 Å². The van der Waals surface area contributed by atoms with Gasteiger partial charge in [0.05, 0.1) is 0 Å². The Hall–Kier alpha value is -2.75. The molecule has 2 aromatic heterocycles. The quantitative estimate of drug-likeness (QED) is 0.650. The maximum absolute atomic E-state index is 13.8. The van der Waals surface area contributed by atoms with Gasteiger partial charge in [0.15, 0.2) is 22.6 Å². The Morgan fingerprint density at radius 3 is 2.52 bits per heavy atom. The summed E-state index contributed by atoms with van der Waals surface area (Å²) >= 11 is 5.87. The van der Waals surface area contributed by atoms with Crippen molar-refractivity contribution in [2.24, 2.45) is 7.05 Å². The minimum absolute atomic E-state index is 0.0297. The molecule has 0 aliphatic carbocycles. The van der Waals surface area contributed by atoms with Gasteiger partial charge in [-0.25, -0.2) is 27.6 Å². The number of halogens is 4. The molecule has 0 unspecified atom stereocenters. The summed E-state index contributed by atoms with van der Waals surface area (Å²) in [5, 5.41) is 7.76. The number of hydrogen-bond donors (Lipinski definition) is 0. The zero-order chi connectivity index (χ0) is 18.1. The molecule has 0 atom stereocenters. The number of aromatic nitrogens is 6. The minimum atomic E-state index is -1.30.